The molecule has 0 aromatic heterocycles. The van der Waals surface area contributed by atoms with Crippen LogP contribution in [0.3, 0.4) is 0 Å². The van der Waals surface area contributed by atoms with Crippen LogP contribution in [-0.4, -0.2) is 94.4 Å². The molecule has 3 unspecified atom stereocenters. The number of nitrogens with zero attached hydrogens (tertiary/aromatic N) is 1. The van der Waals surface area contributed by atoms with Gasteiger partial charge < -0.3 is 30.7 Å². The number of hydrogen-bond acceptors (Lipinski definition) is 9. The molecule has 4 aromatic rings. The summed E-state index contributed by atoms with van der Waals surface area (Å²) >= 11 is 3.26. The first-order valence-corrected chi connectivity index (χ1v) is 23.0. The highest BCUT2D eigenvalue weighted by Gasteiger charge is 2.41. The molecule has 12 heteroatoms. The molecule has 5 rings (SSSR count). The van der Waals surface area contributed by atoms with E-state index in [4.69, 9.17) is 4.74 Å². The van der Waals surface area contributed by atoms with E-state index in [-0.39, 0.29) is 49.8 Å². The number of hydrogen-bond donors (Lipinski definition) is 4. The Morgan fingerprint density at radius 2 is 1.33 bits per heavy atom. The third-order valence-corrected chi connectivity index (χ3v) is 12.9. The van der Waals surface area contributed by atoms with Crippen LogP contribution in [0, 0.1) is 5.92 Å². The zero-order valence-electron chi connectivity index (χ0n) is 35.6. The van der Waals surface area contributed by atoms with Crippen LogP contribution >= 0.6 is 23.5 Å². The van der Waals surface area contributed by atoms with Crippen LogP contribution in [0.25, 0.3) is 0 Å². The standard InChI is InChI=1S/C48H60N4O6S2/c1-33(2)43(45(55)52-31-35-19-17-16-18-34(35)28-41(52)44(54)51-40(46(56)57)26-27-59-6)50-29-39(49-30-42(53)58-47(3,4)5)32-60-48(36-20-10-7-11-21-36,37-22-12-8-13-23-37)38-24-14-9-15-25-38/h7-25,33,39-41,43,49-50H,26-32H2,1-6H3,(H,51,54)(H,56,57)/t39?,40?,41?,43-/m0/s1. The fourth-order valence-corrected chi connectivity index (χ4v) is 9.66. The van der Waals surface area contributed by atoms with E-state index in [0.717, 1.165) is 27.8 Å². The predicted molar refractivity (Wildman–Crippen MR) is 243 cm³/mol. The number of fused-ring (bicyclic) bond motifs is 1. The molecule has 0 aliphatic carbocycles. The molecule has 4 N–H and O–H groups in total. The number of benzene rings is 4. The van der Waals surface area contributed by atoms with Crippen LogP contribution in [0.5, 0.6) is 0 Å². The van der Waals surface area contributed by atoms with Crippen molar-refractivity contribution in [1.82, 2.24) is 20.9 Å². The number of thioether (sulfide) groups is 2. The lowest BCUT2D eigenvalue weighted by atomic mass is 9.84. The Morgan fingerprint density at radius 1 is 0.800 bits per heavy atom. The van der Waals surface area contributed by atoms with Crippen molar-refractivity contribution in [3.63, 3.8) is 0 Å². The first-order valence-electron chi connectivity index (χ1n) is 20.6. The van der Waals surface area contributed by atoms with Crippen LogP contribution in [0.15, 0.2) is 115 Å². The zero-order chi connectivity index (χ0) is 43.3. The smallest absolute Gasteiger partial charge is 0.326 e. The number of aliphatic carboxylic acids is 1. The maximum atomic E-state index is 14.8. The summed E-state index contributed by atoms with van der Waals surface area (Å²) in [4.78, 5) is 55.7. The largest absolute Gasteiger partial charge is 0.480 e. The summed E-state index contributed by atoms with van der Waals surface area (Å²) in [6.45, 7) is 9.94. The molecule has 0 saturated heterocycles. The molecule has 1 aliphatic rings. The third-order valence-electron chi connectivity index (χ3n) is 10.6. The molecule has 2 amide bonds. The molecular formula is C48H60N4O6S2. The number of ether oxygens (including phenoxy) is 1. The number of carboxylic acid groups (broad SMARTS) is 1. The van der Waals surface area contributed by atoms with Crippen LogP contribution in [0.1, 0.15) is 68.9 Å². The van der Waals surface area contributed by atoms with Gasteiger partial charge in [-0.1, -0.05) is 129 Å². The number of carbonyl (C=O) groups excluding carboxylic acids is 3. The zero-order valence-corrected chi connectivity index (χ0v) is 37.2. The Labute approximate surface area is 364 Å². The number of amides is 2. The summed E-state index contributed by atoms with van der Waals surface area (Å²) < 4.78 is 5.07. The lowest BCUT2D eigenvalue weighted by molar-refractivity contribution is -0.153. The van der Waals surface area contributed by atoms with Crippen molar-refractivity contribution >= 4 is 47.3 Å². The van der Waals surface area contributed by atoms with Gasteiger partial charge in [-0.05, 0) is 72.9 Å². The number of rotatable bonds is 20. The van der Waals surface area contributed by atoms with E-state index in [1.54, 1.807) is 16.7 Å². The highest BCUT2D eigenvalue weighted by Crippen LogP contribution is 2.48. The first-order chi connectivity index (χ1) is 28.7. The second-order valence-electron chi connectivity index (χ2n) is 16.5. The van der Waals surface area contributed by atoms with E-state index < -0.39 is 40.4 Å². The van der Waals surface area contributed by atoms with Gasteiger partial charge in [0.15, 0.2) is 0 Å². The van der Waals surface area contributed by atoms with E-state index in [0.29, 0.717) is 18.1 Å². The number of carboxylic acids is 1. The Balaban J connectivity index is 1.45. The lowest BCUT2D eigenvalue weighted by Crippen LogP contribution is -2.60. The molecule has 4 atom stereocenters. The van der Waals surface area contributed by atoms with E-state index in [1.807, 2.05) is 120 Å². The molecule has 0 fully saturated rings. The van der Waals surface area contributed by atoms with Crippen molar-refractivity contribution in [3.05, 3.63) is 143 Å². The highest BCUT2D eigenvalue weighted by atomic mass is 32.2. The van der Waals surface area contributed by atoms with Crippen molar-refractivity contribution in [2.75, 3.05) is 30.9 Å². The van der Waals surface area contributed by atoms with Crippen molar-refractivity contribution < 1.29 is 29.0 Å². The minimum Gasteiger partial charge on any atom is -0.480 e. The summed E-state index contributed by atoms with van der Waals surface area (Å²) in [5.41, 5.74) is 4.56. The predicted octanol–water partition coefficient (Wildman–Crippen LogP) is 6.90. The minimum absolute atomic E-state index is 0.0358. The molecule has 320 valence electrons. The van der Waals surface area contributed by atoms with Gasteiger partial charge >= 0.3 is 11.9 Å². The van der Waals surface area contributed by atoms with Gasteiger partial charge in [0.05, 0.1) is 17.3 Å². The molecule has 0 bridgehead atoms. The van der Waals surface area contributed by atoms with Gasteiger partial charge in [0, 0.05) is 31.3 Å². The van der Waals surface area contributed by atoms with E-state index in [2.05, 4.69) is 52.3 Å². The van der Waals surface area contributed by atoms with E-state index in [1.165, 1.54) is 11.8 Å². The maximum absolute atomic E-state index is 14.8. The third kappa shape index (κ3) is 12.2. The molecule has 0 saturated carbocycles. The fourth-order valence-electron chi connectivity index (χ4n) is 7.60. The molecule has 4 aromatic carbocycles. The van der Waals surface area contributed by atoms with Crippen LogP contribution in [-0.2, 0) is 41.6 Å². The van der Waals surface area contributed by atoms with Gasteiger partial charge in [-0.25, -0.2) is 4.79 Å². The first kappa shape index (κ1) is 46.4. The Morgan fingerprint density at radius 3 is 1.83 bits per heavy atom. The average molecular weight is 853 g/mol. The molecule has 10 nitrogen and oxygen atoms in total. The van der Waals surface area contributed by atoms with Crippen molar-refractivity contribution in [2.24, 2.45) is 5.92 Å². The summed E-state index contributed by atoms with van der Waals surface area (Å²) in [6.07, 6.45) is 2.43. The van der Waals surface area contributed by atoms with Crippen molar-refractivity contribution in [2.45, 2.75) is 88.5 Å². The molecule has 0 spiro atoms. The van der Waals surface area contributed by atoms with E-state index >= 15 is 0 Å². The molecular weight excluding hydrogens is 793 g/mol. The minimum atomic E-state index is -1.10. The van der Waals surface area contributed by atoms with Gasteiger partial charge in [0.2, 0.25) is 11.8 Å². The Bertz CT molecular complexity index is 1910. The van der Waals surface area contributed by atoms with Gasteiger partial charge in [0.1, 0.15) is 17.7 Å². The van der Waals surface area contributed by atoms with Gasteiger partial charge in [-0.2, -0.15) is 11.8 Å². The van der Waals surface area contributed by atoms with Gasteiger partial charge in [-0.15, -0.1) is 11.8 Å². The van der Waals surface area contributed by atoms with Gasteiger partial charge in [-0.3, -0.25) is 14.4 Å². The van der Waals surface area contributed by atoms with Crippen LogP contribution in [0.4, 0.5) is 0 Å². The quantitative estimate of drug-likeness (QED) is 0.0549. The second kappa shape index (κ2) is 21.8. The normalized spacial score (nSPS) is 15.7. The topological polar surface area (TPSA) is 137 Å². The highest BCUT2D eigenvalue weighted by molar-refractivity contribution is 8.00. The van der Waals surface area contributed by atoms with Crippen molar-refractivity contribution in [1.29, 1.82) is 0 Å². The number of nitrogens with one attached hydrogen (secondary N) is 3. The van der Waals surface area contributed by atoms with Crippen LogP contribution in [0.2, 0.25) is 0 Å². The Kier molecular flexibility index (Phi) is 16.8. The van der Waals surface area contributed by atoms with Crippen LogP contribution < -0.4 is 16.0 Å². The van der Waals surface area contributed by atoms with Crippen molar-refractivity contribution in [3.8, 4) is 0 Å². The van der Waals surface area contributed by atoms with E-state index in [9.17, 15) is 24.3 Å². The summed E-state index contributed by atoms with van der Waals surface area (Å²) in [5.74, 6) is -1.30. The summed E-state index contributed by atoms with van der Waals surface area (Å²) in [5, 5.41) is 19.7. The second-order valence-corrected chi connectivity index (χ2v) is 18.7. The SMILES string of the molecule is CSCCC(NC(=O)C1Cc2ccccc2CN1C(=O)[C@@H](NCC(CSC(c1ccccc1)(c1ccccc1)c1ccccc1)NCC(=O)OC(C)(C)C)C(C)C)C(=O)O. The molecule has 1 aliphatic heterocycles. The maximum Gasteiger partial charge on any atom is 0.326 e. The summed E-state index contributed by atoms with van der Waals surface area (Å²) in [6, 6.07) is 36.0. The fraction of sp³-hybridized carbons (Fsp3) is 0.417. The molecule has 60 heavy (non-hydrogen) atoms. The number of esters is 1. The molecule has 1 heterocycles. The molecule has 0 radical (unpaired) electrons. The monoisotopic (exact) mass is 852 g/mol. The average Bonchev–Trinajstić information content (AvgIpc) is 3.23. The van der Waals surface area contributed by atoms with Gasteiger partial charge in [0.25, 0.3) is 0 Å². The number of carbonyl (C=O) groups is 4. The summed E-state index contributed by atoms with van der Waals surface area (Å²) in [7, 11) is 0. The Hall–Kier alpha value is -4.62. The lowest BCUT2D eigenvalue weighted by Gasteiger charge is -2.40.